The van der Waals surface area contributed by atoms with Crippen LogP contribution in [0.5, 0.6) is 0 Å². The highest BCUT2D eigenvalue weighted by Crippen LogP contribution is 2.11. The molecule has 0 saturated carbocycles. The summed E-state index contributed by atoms with van der Waals surface area (Å²) in [7, 11) is 0. The zero-order valence-corrected chi connectivity index (χ0v) is 12.6. The summed E-state index contributed by atoms with van der Waals surface area (Å²) in [6, 6.07) is 5.59. The molecule has 1 N–H and O–H groups in total. The van der Waals surface area contributed by atoms with Crippen LogP contribution in [0.25, 0.3) is 0 Å². The molecule has 0 atom stereocenters. The van der Waals surface area contributed by atoms with Crippen LogP contribution < -0.4 is 11.1 Å². The molecule has 0 aliphatic heterocycles. The van der Waals surface area contributed by atoms with Crippen LogP contribution in [0, 0.1) is 27.7 Å². The largest absolute Gasteiger partial charge is 0.292 e. The quantitative estimate of drug-likeness (QED) is 0.872. The van der Waals surface area contributed by atoms with Gasteiger partial charge in [0.2, 0.25) is 0 Å². The van der Waals surface area contributed by atoms with Crippen LogP contribution in [0.4, 0.5) is 0 Å². The third-order valence-electron chi connectivity index (χ3n) is 3.70. The predicted octanol–water partition coefficient (Wildman–Crippen LogP) is 1.65. The topological polar surface area (TPSA) is 71.9 Å². The fourth-order valence-corrected chi connectivity index (χ4v) is 2.17. The van der Waals surface area contributed by atoms with E-state index in [9.17, 15) is 14.4 Å². The third kappa shape index (κ3) is 2.86. The van der Waals surface area contributed by atoms with Crippen LogP contribution >= 0.6 is 0 Å². The molecule has 1 aromatic carbocycles. The minimum Gasteiger partial charge on any atom is -0.292 e. The number of hydrogen-bond donors (Lipinski definition) is 1. The molecule has 0 aliphatic carbocycles. The molecule has 0 aliphatic rings. The van der Waals surface area contributed by atoms with Gasteiger partial charge in [0, 0.05) is 16.7 Å². The lowest BCUT2D eigenvalue weighted by Gasteiger charge is -2.09. The van der Waals surface area contributed by atoms with Gasteiger partial charge in [-0.05, 0) is 39.3 Å². The number of benzene rings is 1. The molecule has 0 fully saturated rings. The zero-order valence-electron chi connectivity index (χ0n) is 12.6. The van der Waals surface area contributed by atoms with Crippen molar-refractivity contribution in [3.05, 3.63) is 66.7 Å². The SMILES string of the molecule is Cc1ccc(C)c(C(=O)Cn2[nH]c(=O)c(C)c(C)c2=O)c1. The lowest BCUT2D eigenvalue weighted by molar-refractivity contribution is 0.0964. The van der Waals surface area contributed by atoms with Gasteiger partial charge in [-0.15, -0.1) is 0 Å². The molecule has 5 nitrogen and oxygen atoms in total. The van der Waals surface area contributed by atoms with Crippen molar-refractivity contribution < 1.29 is 4.79 Å². The Bertz CT molecular complexity index is 828. The highest BCUT2D eigenvalue weighted by molar-refractivity contribution is 5.97. The Balaban J connectivity index is 2.43. The highest BCUT2D eigenvalue weighted by atomic mass is 16.2. The molecule has 2 aromatic rings. The summed E-state index contributed by atoms with van der Waals surface area (Å²) in [5.41, 5.74) is 2.46. The van der Waals surface area contributed by atoms with E-state index in [0.29, 0.717) is 16.7 Å². The van der Waals surface area contributed by atoms with E-state index >= 15 is 0 Å². The molecule has 1 aromatic heterocycles. The Kier molecular flexibility index (Phi) is 3.93. The van der Waals surface area contributed by atoms with Crippen molar-refractivity contribution in [3.8, 4) is 0 Å². The van der Waals surface area contributed by atoms with Crippen molar-refractivity contribution in [1.82, 2.24) is 9.78 Å². The number of aryl methyl sites for hydroxylation is 2. The maximum atomic E-state index is 12.4. The zero-order chi connectivity index (χ0) is 15.7. The van der Waals surface area contributed by atoms with E-state index < -0.39 is 0 Å². The van der Waals surface area contributed by atoms with E-state index in [1.165, 1.54) is 0 Å². The van der Waals surface area contributed by atoms with E-state index in [1.54, 1.807) is 19.9 Å². The smallest absolute Gasteiger partial charge is 0.268 e. The van der Waals surface area contributed by atoms with Crippen LogP contribution in [0.15, 0.2) is 27.8 Å². The molecule has 0 radical (unpaired) electrons. The van der Waals surface area contributed by atoms with Gasteiger partial charge >= 0.3 is 0 Å². The number of nitrogens with one attached hydrogen (secondary N) is 1. The first kappa shape index (κ1) is 15.0. The van der Waals surface area contributed by atoms with Crippen molar-refractivity contribution in [2.45, 2.75) is 34.2 Å². The van der Waals surface area contributed by atoms with Crippen LogP contribution in [-0.2, 0) is 6.54 Å². The minimum atomic E-state index is -0.346. The second-order valence-corrected chi connectivity index (χ2v) is 5.32. The number of carbonyl (C=O) groups excluding carboxylic acids is 1. The second kappa shape index (κ2) is 5.52. The van der Waals surface area contributed by atoms with Crippen molar-refractivity contribution in [2.24, 2.45) is 0 Å². The maximum Gasteiger partial charge on any atom is 0.268 e. The van der Waals surface area contributed by atoms with Crippen LogP contribution in [0.1, 0.15) is 32.6 Å². The monoisotopic (exact) mass is 286 g/mol. The first-order chi connectivity index (χ1) is 9.81. The first-order valence-electron chi connectivity index (χ1n) is 6.72. The van der Waals surface area contributed by atoms with Crippen LogP contribution in [0.2, 0.25) is 0 Å². The summed E-state index contributed by atoms with van der Waals surface area (Å²) in [5, 5.41) is 2.45. The van der Waals surface area contributed by atoms with Crippen molar-refractivity contribution in [2.75, 3.05) is 0 Å². The molecule has 0 bridgehead atoms. The summed E-state index contributed by atoms with van der Waals surface area (Å²) in [4.78, 5) is 36.2. The second-order valence-electron chi connectivity index (χ2n) is 5.32. The number of rotatable bonds is 3. The van der Waals surface area contributed by atoms with Crippen LogP contribution in [0.3, 0.4) is 0 Å². The lowest BCUT2D eigenvalue weighted by atomic mass is 10.0. The summed E-state index contributed by atoms with van der Waals surface area (Å²) in [6.45, 7) is 6.76. The van der Waals surface area contributed by atoms with Crippen LogP contribution in [-0.4, -0.2) is 15.6 Å². The number of aromatic amines is 1. The molecule has 0 spiro atoms. The lowest BCUT2D eigenvalue weighted by Crippen LogP contribution is -2.35. The number of ketones is 1. The van der Waals surface area contributed by atoms with Crippen molar-refractivity contribution in [1.29, 1.82) is 0 Å². The molecule has 1 heterocycles. The number of nitrogens with zero attached hydrogens (tertiary/aromatic N) is 1. The van der Waals surface area contributed by atoms with Gasteiger partial charge in [0.1, 0.15) is 6.54 Å². The highest BCUT2D eigenvalue weighted by Gasteiger charge is 2.13. The van der Waals surface area contributed by atoms with Gasteiger partial charge in [0.25, 0.3) is 11.1 Å². The Morgan fingerprint density at radius 1 is 1.10 bits per heavy atom. The van der Waals surface area contributed by atoms with Gasteiger partial charge in [-0.1, -0.05) is 17.7 Å². The summed E-state index contributed by atoms with van der Waals surface area (Å²) >= 11 is 0. The Morgan fingerprint density at radius 3 is 2.43 bits per heavy atom. The molecule has 110 valence electrons. The number of hydrogen-bond acceptors (Lipinski definition) is 3. The summed E-state index contributed by atoms with van der Waals surface area (Å²) < 4.78 is 1.08. The molecular weight excluding hydrogens is 268 g/mol. The van der Waals surface area contributed by atoms with E-state index in [1.807, 2.05) is 26.0 Å². The van der Waals surface area contributed by atoms with Crippen molar-refractivity contribution >= 4 is 5.78 Å². The Hall–Kier alpha value is -2.43. The number of carbonyl (C=O) groups is 1. The van der Waals surface area contributed by atoms with E-state index in [2.05, 4.69) is 5.10 Å². The normalized spacial score (nSPS) is 10.7. The average Bonchev–Trinajstić information content (AvgIpc) is 2.45. The fraction of sp³-hybridized carbons (Fsp3) is 0.312. The van der Waals surface area contributed by atoms with E-state index in [-0.39, 0.29) is 23.4 Å². The standard InChI is InChI=1S/C16H18N2O3/c1-9-5-6-10(2)13(7-9)14(19)8-18-16(21)12(4)11(3)15(20)17-18/h5-7H,8H2,1-4H3,(H,17,20). The maximum absolute atomic E-state index is 12.4. The van der Waals surface area contributed by atoms with Gasteiger partial charge in [0.15, 0.2) is 5.78 Å². The fourth-order valence-electron chi connectivity index (χ4n) is 2.17. The molecule has 0 saturated heterocycles. The third-order valence-corrected chi connectivity index (χ3v) is 3.70. The molecular formula is C16H18N2O3. The number of H-pyrrole nitrogens is 1. The van der Waals surface area contributed by atoms with Crippen molar-refractivity contribution in [3.63, 3.8) is 0 Å². The summed E-state index contributed by atoms with van der Waals surface area (Å²) in [5.74, 6) is -0.197. The van der Waals surface area contributed by atoms with Gasteiger partial charge in [0.05, 0.1) is 0 Å². The summed E-state index contributed by atoms with van der Waals surface area (Å²) in [6.07, 6.45) is 0. The number of aromatic nitrogens is 2. The molecule has 0 unspecified atom stereocenters. The molecule has 5 heteroatoms. The average molecular weight is 286 g/mol. The van der Waals surface area contributed by atoms with E-state index in [0.717, 1.165) is 15.8 Å². The molecule has 21 heavy (non-hydrogen) atoms. The Labute approximate surface area is 122 Å². The predicted molar refractivity (Wildman–Crippen MR) is 81.0 cm³/mol. The van der Waals surface area contributed by atoms with Gasteiger partial charge in [-0.3, -0.25) is 19.5 Å². The van der Waals surface area contributed by atoms with Gasteiger partial charge < -0.3 is 0 Å². The number of Topliss-reactive ketones (excluding diaryl/α,β-unsaturated/α-hetero) is 1. The van der Waals surface area contributed by atoms with E-state index in [4.69, 9.17) is 0 Å². The Morgan fingerprint density at radius 2 is 1.76 bits per heavy atom. The molecule has 0 amide bonds. The minimum absolute atomic E-state index is 0.167. The first-order valence-corrected chi connectivity index (χ1v) is 6.72. The van der Waals surface area contributed by atoms with Gasteiger partial charge in [-0.25, -0.2) is 4.68 Å². The molecule has 2 rings (SSSR count). The van der Waals surface area contributed by atoms with Gasteiger partial charge in [-0.2, -0.15) is 0 Å².